The van der Waals surface area contributed by atoms with Crippen LogP contribution in [0, 0.1) is 5.92 Å². The Balaban J connectivity index is 1.46. The number of ether oxygens (including phenoxy) is 1. The SMILES string of the molecule is CC(C)(C)NC(=O)OCCC1CCN(c2ccc3cc(Cl)ccc3n2)CC1. The van der Waals surface area contributed by atoms with Gasteiger partial charge in [-0.1, -0.05) is 11.6 Å². The molecule has 0 aliphatic carbocycles. The second-order valence-corrected chi connectivity index (χ2v) is 8.67. The maximum absolute atomic E-state index is 11.7. The average Bonchev–Trinajstić information content (AvgIpc) is 2.60. The van der Waals surface area contributed by atoms with Crippen molar-refractivity contribution in [3.63, 3.8) is 0 Å². The zero-order valence-corrected chi connectivity index (χ0v) is 17.1. The topological polar surface area (TPSA) is 54.5 Å². The summed E-state index contributed by atoms with van der Waals surface area (Å²) < 4.78 is 5.30. The van der Waals surface area contributed by atoms with Gasteiger partial charge in [0.25, 0.3) is 0 Å². The maximum atomic E-state index is 11.7. The molecule has 5 nitrogen and oxygen atoms in total. The molecule has 27 heavy (non-hydrogen) atoms. The molecule has 0 unspecified atom stereocenters. The zero-order valence-electron chi connectivity index (χ0n) is 16.3. The monoisotopic (exact) mass is 389 g/mol. The van der Waals surface area contributed by atoms with E-state index in [4.69, 9.17) is 21.3 Å². The number of alkyl carbamates (subject to hydrolysis) is 1. The van der Waals surface area contributed by atoms with E-state index in [0.29, 0.717) is 12.5 Å². The molecule has 1 amide bonds. The third-order valence-corrected chi connectivity index (χ3v) is 5.05. The third-order valence-electron chi connectivity index (χ3n) is 4.81. The Hall–Kier alpha value is -2.01. The molecule has 1 saturated heterocycles. The largest absolute Gasteiger partial charge is 0.450 e. The first-order valence-corrected chi connectivity index (χ1v) is 9.94. The first kappa shape index (κ1) is 19.7. The summed E-state index contributed by atoms with van der Waals surface area (Å²) in [6.45, 7) is 8.26. The van der Waals surface area contributed by atoms with Gasteiger partial charge in [0.05, 0.1) is 12.1 Å². The van der Waals surface area contributed by atoms with Crippen LogP contribution in [-0.2, 0) is 4.74 Å². The molecule has 1 aliphatic rings. The molecule has 1 aliphatic heterocycles. The number of piperidine rings is 1. The summed E-state index contributed by atoms with van der Waals surface area (Å²) in [5.41, 5.74) is 0.706. The number of anilines is 1. The smallest absolute Gasteiger partial charge is 0.407 e. The van der Waals surface area contributed by atoms with Crippen LogP contribution >= 0.6 is 11.6 Å². The number of carbonyl (C=O) groups is 1. The average molecular weight is 390 g/mol. The number of amides is 1. The van der Waals surface area contributed by atoms with Crippen LogP contribution in [0.4, 0.5) is 10.6 Å². The van der Waals surface area contributed by atoms with Gasteiger partial charge in [0, 0.05) is 29.0 Å². The molecule has 146 valence electrons. The standard InChI is InChI=1S/C21H28ClN3O2/c1-21(2,3)24-20(26)27-13-10-15-8-11-25(12-9-15)19-7-4-16-14-17(22)5-6-18(16)23-19/h4-7,14-15H,8-13H2,1-3H3,(H,24,26). The fourth-order valence-electron chi connectivity index (χ4n) is 3.37. The minimum Gasteiger partial charge on any atom is -0.450 e. The number of hydrogen-bond donors (Lipinski definition) is 1. The van der Waals surface area contributed by atoms with E-state index in [1.165, 1.54) is 0 Å². The molecular weight excluding hydrogens is 362 g/mol. The van der Waals surface area contributed by atoms with Crippen LogP contribution in [0.3, 0.4) is 0 Å². The number of carbonyl (C=O) groups excluding carboxylic acids is 1. The summed E-state index contributed by atoms with van der Waals surface area (Å²) in [6.07, 6.45) is 2.75. The number of fused-ring (bicyclic) bond motifs is 1. The van der Waals surface area contributed by atoms with Crippen LogP contribution in [0.5, 0.6) is 0 Å². The van der Waals surface area contributed by atoms with E-state index >= 15 is 0 Å². The molecule has 3 rings (SSSR count). The van der Waals surface area contributed by atoms with Crippen molar-refractivity contribution >= 4 is 34.4 Å². The summed E-state index contributed by atoms with van der Waals surface area (Å²) in [6, 6.07) is 9.93. The quantitative estimate of drug-likeness (QED) is 0.797. The van der Waals surface area contributed by atoms with Crippen LogP contribution < -0.4 is 10.2 Å². The van der Waals surface area contributed by atoms with Crippen LogP contribution in [-0.4, -0.2) is 36.3 Å². The molecule has 0 bridgehead atoms. The second-order valence-electron chi connectivity index (χ2n) is 8.24. The summed E-state index contributed by atoms with van der Waals surface area (Å²) >= 11 is 6.04. The van der Waals surface area contributed by atoms with E-state index in [-0.39, 0.29) is 11.6 Å². The van der Waals surface area contributed by atoms with Crippen LogP contribution in [0.1, 0.15) is 40.0 Å². The highest BCUT2D eigenvalue weighted by Gasteiger charge is 2.21. The van der Waals surface area contributed by atoms with Crippen molar-refractivity contribution < 1.29 is 9.53 Å². The van der Waals surface area contributed by atoms with Crippen molar-refractivity contribution in [3.05, 3.63) is 35.4 Å². The van der Waals surface area contributed by atoms with Crippen molar-refractivity contribution in [1.82, 2.24) is 10.3 Å². The van der Waals surface area contributed by atoms with Gasteiger partial charge < -0.3 is 15.0 Å². The lowest BCUT2D eigenvalue weighted by atomic mass is 9.94. The Kier molecular flexibility index (Phi) is 6.10. The van der Waals surface area contributed by atoms with Gasteiger partial charge in [0.1, 0.15) is 5.82 Å². The predicted octanol–water partition coefficient (Wildman–Crippen LogP) is 5.02. The number of pyridine rings is 1. The van der Waals surface area contributed by atoms with Gasteiger partial charge >= 0.3 is 6.09 Å². The molecule has 0 spiro atoms. The van der Waals surface area contributed by atoms with E-state index in [0.717, 1.165) is 54.1 Å². The lowest BCUT2D eigenvalue weighted by Gasteiger charge is -2.33. The van der Waals surface area contributed by atoms with Gasteiger partial charge in [-0.05, 0) is 76.3 Å². The Morgan fingerprint density at radius 3 is 2.70 bits per heavy atom. The van der Waals surface area contributed by atoms with E-state index in [9.17, 15) is 4.79 Å². The Bertz CT molecular complexity index is 796. The normalized spacial score (nSPS) is 15.8. The highest BCUT2D eigenvalue weighted by Crippen LogP contribution is 2.26. The van der Waals surface area contributed by atoms with Gasteiger partial charge in [-0.25, -0.2) is 9.78 Å². The molecule has 1 aromatic carbocycles. The van der Waals surface area contributed by atoms with E-state index in [1.54, 1.807) is 0 Å². The molecule has 0 radical (unpaired) electrons. The minimum absolute atomic E-state index is 0.263. The molecule has 6 heteroatoms. The Morgan fingerprint density at radius 2 is 2.00 bits per heavy atom. The second kappa shape index (κ2) is 8.34. The van der Waals surface area contributed by atoms with Crippen molar-refractivity contribution in [3.8, 4) is 0 Å². The number of benzene rings is 1. The van der Waals surface area contributed by atoms with Crippen molar-refractivity contribution in [1.29, 1.82) is 0 Å². The summed E-state index contributed by atoms with van der Waals surface area (Å²) in [5, 5.41) is 4.61. The van der Waals surface area contributed by atoms with Crippen LogP contribution in [0.25, 0.3) is 10.9 Å². The van der Waals surface area contributed by atoms with Crippen molar-refractivity contribution in [2.75, 3.05) is 24.6 Å². The highest BCUT2D eigenvalue weighted by atomic mass is 35.5. The molecule has 0 saturated carbocycles. The zero-order chi connectivity index (χ0) is 19.4. The van der Waals surface area contributed by atoms with Crippen molar-refractivity contribution in [2.24, 2.45) is 5.92 Å². The lowest BCUT2D eigenvalue weighted by molar-refractivity contribution is 0.128. The third kappa shape index (κ3) is 5.73. The highest BCUT2D eigenvalue weighted by molar-refractivity contribution is 6.31. The maximum Gasteiger partial charge on any atom is 0.407 e. The molecular formula is C21H28ClN3O2. The minimum atomic E-state index is -0.333. The van der Waals surface area contributed by atoms with Gasteiger partial charge in [0.15, 0.2) is 0 Å². The Morgan fingerprint density at radius 1 is 1.26 bits per heavy atom. The van der Waals surface area contributed by atoms with Gasteiger partial charge in [-0.15, -0.1) is 0 Å². The molecule has 1 N–H and O–H groups in total. The number of halogens is 1. The molecule has 2 heterocycles. The predicted molar refractivity (Wildman–Crippen MR) is 111 cm³/mol. The summed E-state index contributed by atoms with van der Waals surface area (Å²) in [4.78, 5) is 18.8. The lowest BCUT2D eigenvalue weighted by Crippen LogP contribution is -2.41. The Labute approximate surface area is 166 Å². The number of hydrogen-bond acceptors (Lipinski definition) is 4. The van der Waals surface area contributed by atoms with Gasteiger partial charge in [0.2, 0.25) is 0 Å². The fourth-order valence-corrected chi connectivity index (χ4v) is 3.55. The summed E-state index contributed by atoms with van der Waals surface area (Å²) in [5.74, 6) is 1.60. The molecule has 1 aromatic heterocycles. The van der Waals surface area contributed by atoms with Gasteiger partial charge in [-0.2, -0.15) is 0 Å². The van der Waals surface area contributed by atoms with Crippen LogP contribution in [0.2, 0.25) is 5.02 Å². The van der Waals surface area contributed by atoms with E-state index < -0.39 is 0 Å². The first-order chi connectivity index (χ1) is 12.8. The molecule has 1 fully saturated rings. The van der Waals surface area contributed by atoms with Gasteiger partial charge in [-0.3, -0.25) is 0 Å². The van der Waals surface area contributed by atoms with E-state index in [2.05, 4.69) is 22.3 Å². The molecule has 2 aromatic rings. The number of nitrogens with one attached hydrogen (secondary N) is 1. The molecule has 0 atom stereocenters. The number of rotatable bonds is 4. The first-order valence-electron chi connectivity index (χ1n) is 9.56. The van der Waals surface area contributed by atoms with Crippen molar-refractivity contribution in [2.45, 2.75) is 45.6 Å². The van der Waals surface area contributed by atoms with E-state index in [1.807, 2.05) is 39.0 Å². The van der Waals surface area contributed by atoms with Crippen LogP contribution in [0.15, 0.2) is 30.3 Å². The summed E-state index contributed by atoms with van der Waals surface area (Å²) in [7, 11) is 0. The fraction of sp³-hybridized carbons (Fsp3) is 0.524. The number of nitrogens with zero attached hydrogens (tertiary/aromatic N) is 2. The number of aromatic nitrogens is 1.